The van der Waals surface area contributed by atoms with E-state index in [0.29, 0.717) is 18.7 Å². The Kier molecular flexibility index (Phi) is 6.38. The maximum absolute atomic E-state index is 12.3. The van der Waals surface area contributed by atoms with Crippen LogP contribution in [0, 0.1) is 5.92 Å². The molecule has 25 heavy (non-hydrogen) atoms. The quantitative estimate of drug-likeness (QED) is 0.757. The number of carbonyl (C=O) groups excluding carboxylic acids is 3. The second-order valence-corrected chi connectivity index (χ2v) is 6.39. The fraction of sp³-hybridized carbons (Fsp3) is 0.500. The minimum absolute atomic E-state index is 0.0232. The number of likely N-dealkylation sites (tertiary alicyclic amines) is 1. The highest BCUT2D eigenvalue weighted by Crippen LogP contribution is 2.20. The van der Waals surface area contributed by atoms with E-state index in [1.165, 1.54) is 7.11 Å². The van der Waals surface area contributed by atoms with E-state index in [0.717, 1.165) is 18.5 Å². The summed E-state index contributed by atoms with van der Waals surface area (Å²) in [5.74, 6) is -1.22. The zero-order valence-corrected chi connectivity index (χ0v) is 14.7. The van der Waals surface area contributed by atoms with Crippen molar-refractivity contribution in [2.45, 2.75) is 32.2 Å². The van der Waals surface area contributed by atoms with Gasteiger partial charge in [-0.05, 0) is 31.0 Å². The topological polar surface area (TPSA) is 102 Å². The van der Waals surface area contributed by atoms with E-state index in [1.807, 2.05) is 6.07 Å². The van der Waals surface area contributed by atoms with Gasteiger partial charge in [-0.1, -0.05) is 13.0 Å². The van der Waals surface area contributed by atoms with Crippen LogP contribution in [0.1, 0.15) is 36.5 Å². The molecule has 1 aliphatic heterocycles. The van der Waals surface area contributed by atoms with Crippen molar-refractivity contribution in [1.29, 1.82) is 0 Å². The van der Waals surface area contributed by atoms with Crippen molar-refractivity contribution >= 4 is 23.5 Å². The van der Waals surface area contributed by atoms with Crippen LogP contribution in [0.25, 0.3) is 0 Å². The number of anilines is 1. The molecule has 0 radical (unpaired) electrons. The van der Waals surface area contributed by atoms with E-state index < -0.39 is 5.91 Å². The second-order valence-electron chi connectivity index (χ2n) is 6.39. The lowest BCUT2D eigenvalue weighted by Gasteiger charge is -2.34. The minimum atomic E-state index is -0.456. The molecule has 1 aromatic rings. The van der Waals surface area contributed by atoms with Crippen molar-refractivity contribution in [2.24, 2.45) is 11.7 Å². The number of benzene rings is 1. The van der Waals surface area contributed by atoms with Crippen molar-refractivity contribution in [3.8, 4) is 0 Å². The molecule has 1 heterocycles. The average Bonchev–Trinajstić information content (AvgIpc) is 2.60. The summed E-state index contributed by atoms with van der Waals surface area (Å²) < 4.78 is 4.73. The summed E-state index contributed by atoms with van der Waals surface area (Å²) in [6, 6.07) is 7.40. The summed E-state index contributed by atoms with van der Waals surface area (Å²) in [6.45, 7) is 3.00. The van der Waals surface area contributed by atoms with Crippen molar-refractivity contribution < 1.29 is 19.1 Å². The molecule has 1 fully saturated rings. The predicted molar refractivity (Wildman–Crippen MR) is 94.0 cm³/mol. The Hall–Kier alpha value is -2.57. The number of primary amides is 1. The van der Waals surface area contributed by atoms with E-state index >= 15 is 0 Å². The van der Waals surface area contributed by atoms with Crippen LogP contribution < -0.4 is 11.1 Å². The number of rotatable bonds is 6. The molecule has 0 bridgehead atoms. The lowest BCUT2D eigenvalue weighted by atomic mass is 10.0. The summed E-state index contributed by atoms with van der Waals surface area (Å²) in [7, 11) is 1.36. The van der Waals surface area contributed by atoms with Gasteiger partial charge in [-0.2, -0.15) is 0 Å². The Labute approximate surface area is 147 Å². The number of esters is 1. The van der Waals surface area contributed by atoms with Gasteiger partial charge in [-0.3, -0.25) is 9.59 Å². The van der Waals surface area contributed by atoms with Crippen LogP contribution in [-0.2, 0) is 14.3 Å². The number of methoxy groups -OCH3 is 1. The summed E-state index contributed by atoms with van der Waals surface area (Å²) in [5, 5.41) is 3.40. The predicted octanol–water partition coefficient (Wildman–Crippen LogP) is 1.39. The van der Waals surface area contributed by atoms with Gasteiger partial charge in [0.15, 0.2) is 0 Å². The standard InChI is InChI=1S/C18H25N3O4/c1-12(10-16(19)22)17(23)21-8-6-14(7-9-21)20-15-5-3-4-13(11-15)18(24)25-2/h3-5,11-12,14,20H,6-10H2,1-2H3,(H2,19,22). The molecule has 2 rings (SSSR count). The minimum Gasteiger partial charge on any atom is -0.465 e. The van der Waals surface area contributed by atoms with Crippen molar-refractivity contribution in [1.82, 2.24) is 4.90 Å². The number of piperidine rings is 1. The number of nitrogens with one attached hydrogen (secondary N) is 1. The Morgan fingerprint density at radius 3 is 2.60 bits per heavy atom. The molecule has 3 N–H and O–H groups in total. The van der Waals surface area contributed by atoms with Crippen LogP contribution >= 0.6 is 0 Å². The smallest absolute Gasteiger partial charge is 0.337 e. The number of amides is 2. The molecule has 7 nitrogen and oxygen atoms in total. The molecule has 1 saturated heterocycles. The third-order valence-electron chi connectivity index (χ3n) is 4.39. The van der Waals surface area contributed by atoms with Crippen LogP contribution in [0.3, 0.4) is 0 Å². The van der Waals surface area contributed by atoms with Gasteiger partial charge in [-0.15, -0.1) is 0 Å². The summed E-state index contributed by atoms with van der Waals surface area (Å²) in [5.41, 5.74) is 6.52. The number of carbonyl (C=O) groups is 3. The molecule has 0 saturated carbocycles. The van der Waals surface area contributed by atoms with E-state index in [2.05, 4.69) is 5.32 Å². The van der Waals surface area contributed by atoms with Gasteiger partial charge in [-0.25, -0.2) is 4.79 Å². The van der Waals surface area contributed by atoms with Crippen LogP contribution in [-0.4, -0.2) is 48.9 Å². The Morgan fingerprint density at radius 1 is 1.32 bits per heavy atom. The lowest BCUT2D eigenvalue weighted by Crippen LogP contribution is -2.44. The van der Waals surface area contributed by atoms with Crippen LogP contribution in [0.15, 0.2) is 24.3 Å². The van der Waals surface area contributed by atoms with Crippen molar-refractivity contribution in [3.63, 3.8) is 0 Å². The van der Waals surface area contributed by atoms with Crippen LogP contribution in [0.4, 0.5) is 5.69 Å². The largest absolute Gasteiger partial charge is 0.465 e. The first kappa shape index (κ1) is 18.8. The molecule has 1 atom stereocenters. The SMILES string of the molecule is COC(=O)c1cccc(NC2CCN(C(=O)C(C)CC(N)=O)CC2)c1. The van der Waals surface area contributed by atoms with Gasteiger partial charge >= 0.3 is 5.97 Å². The van der Waals surface area contributed by atoms with Gasteiger partial charge in [0.05, 0.1) is 12.7 Å². The number of nitrogens with zero attached hydrogens (tertiary/aromatic N) is 1. The molecule has 0 aromatic heterocycles. The van der Waals surface area contributed by atoms with Crippen LogP contribution in [0.2, 0.25) is 0 Å². The third kappa shape index (κ3) is 5.20. The highest BCUT2D eigenvalue weighted by Gasteiger charge is 2.26. The second kappa shape index (κ2) is 8.50. The van der Waals surface area contributed by atoms with Crippen molar-refractivity contribution in [3.05, 3.63) is 29.8 Å². The molecule has 1 aromatic carbocycles. The number of nitrogens with two attached hydrogens (primary N) is 1. The van der Waals surface area contributed by atoms with E-state index in [1.54, 1.807) is 30.0 Å². The summed E-state index contributed by atoms with van der Waals surface area (Å²) in [6.07, 6.45) is 1.69. The summed E-state index contributed by atoms with van der Waals surface area (Å²) >= 11 is 0. The van der Waals surface area contributed by atoms with E-state index in [9.17, 15) is 14.4 Å². The Balaban J connectivity index is 1.87. The first-order valence-electron chi connectivity index (χ1n) is 8.42. The molecule has 0 spiro atoms. The number of ether oxygens (including phenoxy) is 1. The fourth-order valence-corrected chi connectivity index (χ4v) is 3.03. The lowest BCUT2D eigenvalue weighted by molar-refractivity contribution is -0.138. The first-order valence-corrected chi connectivity index (χ1v) is 8.42. The molecule has 0 aliphatic carbocycles. The van der Waals surface area contributed by atoms with Gasteiger partial charge in [0.2, 0.25) is 11.8 Å². The van der Waals surface area contributed by atoms with Gasteiger partial charge in [0.25, 0.3) is 0 Å². The monoisotopic (exact) mass is 347 g/mol. The van der Waals surface area contributed by atoms with Crippen molar-refractivity contribution in [2.75, 3.05) is 25.5 Å². The van der Waals surface area contributed by atoms with E-state index in [4.69, 9.17) is 10.5 Å². The third-order valence-corrected chi connectivity index (χ3v) is 4.39. The zero-order valence-electron chi connectivity index (χ0n) is 14.7. The van der Waals surface area contributed by atoms with Gasteiger partial charge < -0.3 is 20.7 Å². The molecule has 136 valence electrons. The highest BCUT2D eigenvalue weighted by atomic mass is 16.5. The molecule has 1 aliphatic rings. The van der Waals surface area contributed by atoms with Gasteiger partial charge in [0, 0.05) is 37.2 Å². The first-order chi connectivity index (χ1) is 11.9. The Bertz CT molecular complexity index is 639. The number of hydrogen-bond donors (Lipinski definition) is 2. The molecular formula is C18H25N3O4. The maximum atomic E-state index is 12.3. The van der Waals surface area contributed by atoms with Gasteiger partial charge in [0.1, 0.15) is 0 Å². The zero-order chi connectivity index (χ0) is 18.4. The van der Waals surface area contributed by atoms with Crippen LogP contribution in [0.5, 0.6) is 0 Å². The summed E-state index contributed by atoms with van der Waals surface area (Å²) in [4.78, 5) is 36.6. The molecule has 7 heteroatoms. The maximum Gasteiger partial charge on any atom is 0.337 e. The number of hydrogen-bond acceptors (Lipinski definition) is 5. The molecule has 1 unspecified atom stereocenters. The molecule has 2 amide bonds. The highest BCUT2D eigenvalue weighted by molar-refractivity contribution is 5.90. The van der Waals surface area contributed by atoms with E-state index in [-0.39, 0.29) is 30.3 Å². The fourth-order valence-electron chi connectivity index (χ4n) is 3.03. The normalized spacial score (nSPS) is 16.2. The average molecular weight is 347 g/mol. The molecular weight excluding hydrogens is 322 g/mol. The Morgan fingerprint density at radius 2 is 2.00 bits per heavy atom.